The average Bonchev–Trinajstić information content (AvgIpc) is 2.76. The van der Waals surface area contributed by atoms with Crippen molar-refractivity contribution < 1.29 is 9.18 Å². The van der Waals surface area contributed by atoms with E-state index in [0.29, 0.717) is 45.2 Å². The van der Waals surface area contributed by atoms with Crippen LogP contribution in [0.15, 0.2) is 60.7 Å². The Bertz CT molecular complexity index is 1340. The number of pyridine rings is 1. The summed E-state index contributed by atoms with van der Waals surface area (Å²) in [6, 6.07) is 17.3. The minimum atomic E-state index is -0.416. The number of nitrogens with one attached hydrogen (secondary N) is 1. The number of aryl methyl sites for hydroxylation is 2. The molecule has 6 heteroatoms. The normalized spacial score (nSPS) is 11.0. The Morgan fingerprint density at radius 2 is 1.78 bits per heavy atom. The first-order valence-corrected chi connectivity index (χ1v) is 11.0. The maximum absolute atomic E-state index is 14.0. The third kappa shape index (κ3) is 4.77. The van der Waals surface area contributed by atoms with Crippen LogP contribution in [-0.4, -0.2) is 17.4 Å². The van der Waals surface area contributed by atoms with Crippen LogP contribution in [0.1, 0.15) is 27.0 Å². The van der Waals surface area contributed by atoms with Crippen molar-refractivity contribution in [3.8, 4) is 11.3 Å². The fraction of sp³-hybridized carbons (Fsp3) is 0.154. The minimum absolute atomic E-state index is 0.293. The maximum atomic E-state index is 14.0. The van der Waals surface area contributed by atoms with Gasteiger partial charge in [-0.05, 0) is 79.4 Å². The lowest BCUT2D eigenvalue weighted by atomic mass is 10.0. The summed E-state index contributed by atoms with van der Waals surface area (Å²) in [5, 5.41) is 4.51. The zero-order valence-corrected chi connectivity index (χ0v) is 19.2. The standard InChI is InChI=1S/C26H21Cl2FN2O/c1-15-3-4-18(11-16(15)2)25-14-22(21-13-20(29)7-8-24(21)31-25)26(32)30-10-9-17-5-6-19(27)12-23(17)28/h3-8,11-14H,9-10H2,1-2H3,(H,30,32). The smallest absolute Gasteiger partial charge is 0.252 e. The number of halogens is 3. The van der Waals surface area contributed by atoms with Gasteiger partial charge in [-0.2, -0.15) is 0 Å². The predicted octanol–water partition coefficient (Wildman–Crippen LogP) is 6.94. The minimum Gasteiger partial charge on any atom is -0.352 e. The van der Waals surface area contributed by atoms with Crippen LogP contribution in [0, 0.1) is 19.7 Å². The maximum Gasteiger partial charge on any atom is 0.252 e. The third-order valence-corrected chi connectivity index (χ3v) is 6.10. The highest BCUT2D eigenvalue weighted by Crippen LogP contribution is 2.27. The van der Waals surface area contributed by atoms with Crippen molar-refractivity contribution in [2.45, 2.75) is 20.3 Å². The van der Waals surface area contributed by atoms with E-state index in [9.17, 15) is 9.18 Å². The van der Waals surface area contributed by atoms with Gasteiger partial charge in [0.05, 0.1) is 16.8 Å². The van der Waals surface area contributed by atoms with Gasteiger partial charge in [-0.25, -0.2) is 9.37 Å². The molecule has 1 amide bonds. The van der Waals surface area contributed by atoms with Crippen LogP contribution in [-0.2, 0) is 6.42 Å². The number of fused-ring (bicyclic) bond motifs is 1. The van der Waals surface area contributed by atoms with Crippen molar-refractivity contribution in [3.63, 3.8) is 0 Å². The molecular weight excluding hydrogens is 446 g/mol. The molecule has 0 aliphatic carbocycles. The van der Waals surface area contributed by atoms with E-state index in [4.69, 9.17) is 23.2 Å². The molecule has 162 valence electrons. The summed E-state index contributed by atoms with van der Waals surface area (Å²) in [5.74, 6) is -0.710. The Morgan fingerprint density at radius 3 is 2.53 bits per heavy atom. The molecule has 1 N–H and O–H groups in total. The van der Waals surface area contributed by atoms with Crippen molar-refractivity contribution >= 4 is 40.0 Å². The van der Waals surface area contributed by atoms with Crippen LogP contribution in [0.3, 0.4) is 0 Å². The zero-order chi connectivity index (χ0) is 22.8. The van der Waals surface area contributed by atoms with Crippen LogP contribution in [0.25, 0.3) is 22.2 Å². The van der Waals surface area contributed by atoms with Crippen LogP contribution < -0.4 is 5.32 Å². The van der Waals surface area contributed by atoms with Gasteiger partial charge in [0.1, 0.15) is 5.82 Å². The Labute approximate surface area is 196 Å². The van der Waals surface area contributed by atoms with E-state index in [2.05, 4.69) is 10.3 Å². The molecular formula is C26H21Cl2FN2O. The fourth-order valence-corrected chi connectivity index (χ4v) is 4.07. The summed E-state index contributed by atoms with van der Waals surface area (Å²) >= 11 is 12.2. The summed E-state index contributed by atoms with van der Waals surface area (Å²) < 4.78 is 14.0. The number of rotatable bonds is 5. The summed E-state index contributed by atoms with van der Waals surface area (Å²) in [7, 11) is 0. The molecule has 0 fully saturated rings. The van der Waals surface area contributed by atoms with E-state index in [0.717, 1.165) is 16.7 Å². The van der Waals surface area contributed by atoms with E-state index in [1.165, 1.54) is 17.7 Å². The second-order valence-corrected chi connectivity index (χ2v) is 8.60. The lowest BCUT2D eigenvalue weighted by Gasteiger charge is -2.12. The molecule has 4 rings (SSSR count). The molecule has 0 aliphatic heterocycles. The SMILES string of the molecule is Cc1ccc(-c2cc(C(=O)NCCc3ccc(Cl)cc3Cl)c3cc(F)ccc3n2)cc1C. The van der Waals surface area contributed by atoms with Crippen LogP contribution in [0.2, 0.25) is 10.0 Å². The van der Waals surface area contributed by atoms with Gasteiger partial charge in [-0.15, -0.1) is 0 Å². The van der Waals surface area contributed by atoms with Gasteiger partial charge < -0.3 is 5.32 Å². The van der Waals surface area contributed by atoms with Crippen molar-refractivity contribution in [3.05, 3.63) is 98.8 Å². The van der Waals surface area contributed by atoms with E-state index in [1.54, 1.807) is 24.3 Å². The van der Waals surface area contributed by atoms with E-state index in [1.807, 2.05) is 38.1 Å². The zero-order valence-electron chi connectivity index (χ0n) is 17.7. The predicted molar refractivity (Wildman–Crippen MR) is 129 cm³/mol. The average molecular weight is 467 g/mol. The summed E-state index contributed by atoms with van der Waals surface area (Å²) in [5.41, 5.74) is 5.71. The molecule has 4 aromatic rings. The second-order valence-electron chi connectivity index (χ2n) is 7.76. The first-order valence-electron chi connectivity index (χ1n) is 10.2. The van der Waals surface area contributed by atoms with Crippen molar-refractivity contribution in [1.82, 2.24) is 10.3 Å². The highest BCUT2D eigenvalue weighted by Gasteiger charge is 2.15. The molecule has 1 aromatic heterocycles. The number of nitrogens with zero attached hydrogens (tertiary/aromatic N) is 1. The number of aromatic nitrogens is 1. The Morgan fingerprint density at radius 1 is 0.969 bits per heavy atom. The molecule has 0 atom stereocenters. The van der Waals surface area contributed by atoms with Gasteiger partial charge in [0.25, 0.3) is 5.91 Å². The molecule has 0 bridgehead atoms. The van der Waals surface area contributed by atoms with Crippen LogP contribution >= 0.6 is 23.2 Å². The van der Waals surface area contributed by atoms with Crippen LogP contribution in [0.4, 0.5) is 4.39 Å². The lowest BCUT2D eigenvalue weighted by Crippen LogP contribution is -2.26. The quantitative estimate of drug-likeness (QED) is 0.346. The van der Waals surface area contributed by atoms with Crippen molar-refractivity contribution in [2.75, 3.05) is 6.54 Å². The van der Waals surface area contributed by atoms with Gasteiger partial charge >= 0.3 is 0 Å². The topological polar surface area (TPSA) is 42.0 Å². The first-order chi connectivity index (χ1) is 15.3. The summed E-state index contributed by atoms with van der Waals surface area (Å²) in [6.45, 7) is 4.45. The first kappa shape index (κ1) is 22.3. The second kappa shape index (κ2) is 9.27. The van der Waals surface area contributed by atoms with E-state index >= 15 is 0 Å². The van der Waals surface area contributed by atoms with Crippen molar-refractivity contribution in [2.24, 2.45) is 0 Å². The largest absolute Gasteiger partial charge is 0.352 e. The molecule has 0 saturated heterocycles. The Kier molecular flexibility index (Phi) is 6.45. The number of amides is 1. The molecule has 3 aromatic carbocycles. The summed E-state index contributed by atoms with van der Waals surface area (Å²) in [6.07, 6.45) is 0.545. The van der Waals surface area contributed by atoms with Gasteiger partial charge in [-0.3, -0.25) is 4.79 Å². The molecule has 3 nitrogen and oxygen atoms in total. The van der Waals surface area contributed by atoms with Gasteiger partial charge in [-0.1, -0.05) is 41.4 Å². The van der Waals surface area contributed by atoms with E-state index in [-0.39, 0.29) is 5.91 Å². The number of hydrogen-bond acceptors (Lipinski definition) is 2. The monoisotopic (exact) mass is 466 g/mol. The molecule has 1 heterocycles. The third-order valence-electron chi connectivity index (χ3n) is 5.51. The Balaban J connectivity index is 1.65. The van der Waals surface area contributed by atoms with Crippen molar-refractivity contribution in [1.29, 1.82) is 0 Å². The van der Waals surface area contributed by atoms with Crippen LogP contribution in [0.5, 0.6) is 0 Å². The number of carbonyl (C=O) groups excluding carboxylic acids is 1. The molecule has 32 heavy (non-hydrogen) atoms. The van der Waals surface area contributed by atoms with Gasteiger partial charge in [0, 0.05) is 27.5 Å². The number of benzene rings is 3. The number of hydrogen-bond donors (Lipinski definition) is 1. The molecule has 0 saturated carbocycles. The molecule has 0 spiro atoms. The highest BCUT2D eigenvalue weighted by atomic mass is 35.5. The van der Waals surface area contributed by atoms with Gasteiger partial charge in [0.15, 0.2) is 0 Å². The molecule has 0 unspecified atom stereocenters. The Hall–Kier alpha value is -2.95. The summed E-state index contributed by atoms with van der Waals surface area (Å²) in [4.78, 5) is 17.8. The number of carbonyl (C=O) groups is 1. The highest BCUT2D eigenvalue weighted by molar-refractivity contribution is 6.35. The lowest BCUT2D eigenvalue weighted by molar-refractivity contribution is 0.0955. The molecule has 0 radical (unpaired) electrons. The molecule has 0 aliphatic rings. The van der Waals surface area contributed by atoms with Gasteiger partial charge in [0.2, 0.25) is 0 Å². The fourth-order valence-electron chi connectivity index (χ4n) is 3.56. The van der Waals surface area contributed by atoms with E-state index < -0.39 is 5.82 Å².